The first-order chi connectivity index (χ1) is 8.70. The van der Waals surface area contributed by atoms with E-state index in [1.165, 1.54) is 0 Å². The van der Waals surface area contributed by atoms with Crippen LogP contribution in [0, 0.1) is 0 Å². The van der Waals surface area contributed by atoms with Crippen molar-refractivity contribution in [3.63, 3.8) is 0 Å². The number of aromatic hydroxyl groups is 1. The fourth-order valence-electron chi connectivity index (χ4n) is 2.05. The van der Waals surface area contributed by atoms with Crippen molar-refractivity contribution in [1.82, 2.24) is 4.98 Å². The lowest BCUT2D eigenvalue weighted by Crippen LogP contribution is -2.17. The maximum absolute atomic E-state index is 9.71. The molecule has 1 aromatic heterocycles. The van der Waals surface area contributed by atoms with Crippen molar-refractivity contribution in [3.05, 3.63) is 30.5 Å². The fourth-order valence-corrected chi connectivity index (χ4v) is 2.05. The van der Waals surface area contributed by atoms with E-state index in [1.54, 1.807) is 18.3 Å². The van der Waals surface area contributed by atoms with E-state index in [2.05, 4.69) is 17.2 Å². The Hall–Kier alpha value is -1.81. The molecule has 0 spiro atoms. The summed E-state index contributed by atoms with van der Waals surface area (Å²) in [5.41, 5.74) is 7.26. The Labute approximate surface area is 107 Å². The van der Waals surface area contributed by atoms with Crippen LogP contribution in [0.5, 0.6) is 5.75 Å². The maximum Gasteiger partial charge on any atom is 0.118 e. The molecule has 0 saturated carbocycles. The van der Waals surface area contributed by atoms with E-state index in [-0.39, 0.29) is 5.75 Å². The lowest BCUT2D eigenvalue weighted by atomic mass is 10.1. The minimum atomic E-state index is 0.254. The van der Waals surface area contributed by atoms with E-state index in [4.69, 9.17) is 5.73 Å². The van der Waals surface area contributed by atoms with Gasteiger partial charge in [-0.05, 0) is 38.4 Å². The highest BCUT2D eigenvalue weighted by Crippen LogP contribution is 2.27. The summed E-state index contributed by atoms with van der Waals surface area (Å²) in [5, 5.41) is 14.0. The summed E-state index contributed by atoms with van der Waals surface area (Å²) < 4.78 is 0. The predicted molar refractivity (Wildman–Crippen MR) is 74.8 cm³/mol. The second-order valence-electron chi connectivity index (χ2n) is 4.54. The number of pyridine rings is 1. The van der Waals surface area contributed by atoms with E-state index >= 15 is 0 Å². The molecule has 1 atom stereocenters. The lowest BCUT2D eigenvalue weighted by molar-refractivity contribution is 0.476. The molecule has 4 heteroatoms. The number of phenols is 1. The average Bonchev–Trinajstić information content (AvgIpc) is 2.36. The van der Waals surface area contributed by atoms with E-state index in [9.17, 15) is 5.11 Å². The number of hydrogen-bond donors (Lipinski definition) is 3. The molecule has 0 fully saturated rings. The van der Waals surface area contributed by atoms with Crippen molar-refractivity contribution >= 4 is 16.6 Å². The molecule has 0 unspecified atom stereocenters. The van der Waals surface area contributed by atoms with Gasteiger partial charge in [0.15, 0.2) is 0 Å². The van der Waals surface area contributed by atoms with Crippen LogP contribution in [0.15, 0.2) is 30.5 Å². The van der Waals surface area contributed by atoms with Crippen LogP contribution in [0.3, 0.4) is 0 Å². The van der Waals surface area contributed by atoms with Crippen molar-refractivity contribution < 1.29 is 5.11 Å². The van der Waals surface area contributed by atoms with Gasteiger partial charge in [-0.2, -0.15) is 0 Å². The summed E-state index contributed by atoms with van der Waals surface area (Å²) in [6.07, 6.45) is 3.74. The smallest absolute Gasteiger partial charge is 0.118 e. The van der Waals surface area contributed by atoms with E-state index in [1.807, 2.05) is 12.1 Å². The lowest BCUT2D eigenvalue weighted by Gasteiger charge is -2.16. The first-order valence-corrected chi connectivity index (χ1v) is 6.25. The highest BCUT2D eigenvalue weighted by atomic mass is 16.3. The van der Waals surface area contributed by atoms with Crippen molar-refractivity contribution in [2.75, 3.05) is 11.9 Å². The summed E-state index contributed by atoms with van der Waals surface area (Å²) in [6.45, 7) is 2.81. The number of benzene rings is 1. The molecular formula is C14H19N3O. The van der Waals surface area contributed by atoms with Gasteiger partial charge in [0.05, 0.1) is 11.2 Å². The van der Waals surface area contributed by atoms with Crippen LogP contribution in [0.2, 0.25) is 0 Å². The molecule has 1 aromatic carbocycles. The van der Waals surface area contributed by atoms with Gasteiger partial charge in [-0.25, -0.2) is 0 Å². The molecule has 0 aliphatic carbocycles. The summed E-state index contributed by atoms with van der Waals surface area (Å²) in [5.74, 6) is 0.254. The third-order valence-corrected chi connectivity index (χ3v) is 2.93. The van der Waals surface area contributed by atoms with Crippen molar-refractivity contribution in [1.29, 1.82) is 0 Å². The van der Waals surface area contributed by atoms with E-state index in [0.29, 0.717) is 12.6 Å². The molecule has 2 rings (SSSR count). The predicted octanol–water partition coefficient (Wildman–Crippen LogP) is 2.48. The molecule has 96 valence electrons. The number of aromatic nitrogens is 1. The molecule has 0 aliphatic heterocycles. The Bertz CT molecular complexity index is 527. The number of nitrogens with one attached hydrogen (secondary N) is 1. The zero-order valence-corrected chi connectivity index (χ0v) is 10.6. The maximum atomic E-state index is 9.71. The second-order valence-corrected chi connectivity index (χ2v) is 4.54. The third kappa shape index (κ3) is 2.90. The number of nitrogens with two attached hydrogens (primary N) is 1. The number of rotatable bonds is 5. The summed E-state index contributed by atoms with van der Waals surface area (Å²) in [6, 6.07) is 7.55. The summed E-state index contributed by atoms with van der Waals surface area (Å²) in [7, 11) is 0. The van der Waals surface area contributed by atoms with Crippen LogP contribution < -0.4 is 11.1 Å². The molecule has 0 aliphatic rings. The monoisotopic (exact) mass is 245 g/mol. The molecule has 0 bridgehead atoms. The van der Waals surface area contributed by atoms with Crippen molar-refractivity contribution in [3.8, 4) is 5.75 Å². The molecule has 0 radical (unpaired) electrons. The van der Waals surface area contributed by atoms with Crippen LogP contribution in [0.4, 0.5) is 5.69 Å². The van der Waals surface area contributed by atoms with Crippen LogP contribution in [0.1, 0.15) is 19.8 Å². The standard InChI is InChI=1S/C14H19N3O/c1-10(4-2-6-15)17-13-9-12(18)8-11-5-3-7-16-14(11)13/h3,5,7-10,17-18H,2,4,6,15H2,1H3/t10-/m0/s1. The van der Waals surface area contributed by atoms with E-state index < -0.39 is 0 Å². The Kier molecular flexibility index (Phi) is 3.99. The van der Waals surface area contributed by atoms with Crippen molar-refractivity contribution in [2.45, 2.75) is 25.8 Å². The van der Waals surface area contributed by atoms with Gasteiger partial charge in [0.2, 0.25) is 0 Å². The van der Waals surface area contributed by atoms with Crippen molar-refractivity contribution in [2.24, 2.45) is 5.73 Å². The number of hydrogen-bond acceptors (Lipinski definition) is 4. The Balaban J connectivity index is 2.26. The largest absolute Gasteiger partial charge is 0.508 e. The highest BCUT2D eigenvalue weighted by Gasteiger charge is 2.07. The molecule has 4 N–H and O–H groups in total. The third-order valence-electron chi connectivity index (χ3n) is 2.93. The van der Waals surface area contributed by atoms with Gasteiger partial charge in [0.25, 0.3) is 0 Å². The Morgan fingerprint density at radius 2 is 2.28 bits per heavy atom. The second kappa shape index (κ2) is 5.69. The minimum Gasteiger partial charge on any atom is -0.508 e. The first-order valence-electron chi connectivity index (χ1n) is 6.25. The van der Waals surface area contributed by atoms with Gasteiger partial charge in [-0.3, -0.25) is 4.98 Å². The van der Waals surface area contributed by atoms with Crippen LogP contribution in [-0.4, -0.2) is 22.7 Å². The molecule has 0 saturated heterocycles. The zero-order chi connectivity index (χ0) is 13.0. The van der Waals surface area contributed by atoms with Gasteiger partial charge in [0.1, 0.15) is 5.75 Å². The van der Waals surface area contributed by atoms with Crippen LogP contribution in [-0.2, 0) is 0 Å². The average molecular weight is 245 g/mol. The number of fused-ring (bicyclic) bond motifs is 1. The topological polar surface area (TPSA) is 71.2 Å². The van der Waals surface area contributed by atoms with Gasteiger partial charge >= 0.3 is 0 Å². The van der Waals surface area contributed by atoms with Gasteiger partial charge in [-0.15, -0.1) is 0 Å². The molecule has 18 heavy (non-hydrogen) atoms. The molecule has 2 aromatic rings. The van der Waals surface area contributed by atoms with E-state index in [0.717, 1.165) is 29.4 Å². The number of nitrogens with zero attached hydrogens (tertiary/aromatic N) is 1. The quantitative estimate of drug-likeness (QED) is 0.756. The number of phenolic OH excluding ortho intramolecular Hbond substituents is 1. The molecule has 4 nitrogen and oxygen atoms in total. The molecule has 1 heterocycles. The minimum absolute atomic E-state index is 0.254. The SMILES string of the molecule is C[C@@H](CCCN)Nc1cc(O)cc2cccnc12. The normalized spacial score (nSPS) is 12.6. The Morgan fingerprint density at radius 3 is 3.06 bits per heavy atom. The van der Waals surface area contributed by atoms with Crippen LogP contribution in [0.25, 0.3) is 10.9 Å². The van der Waals surface area contributed by atoms with Gasteiger partial charge in [0, 0.05) is 23.7 Å². The van der Waals surface area contributed by atoms with Gasteiger partial charge < -0.3 is 16.2 Å². The Morgan fingerprint density at radius 1 is 1.44 bits per heavy atom. The number of anilines is 1. The van der Waals surface area contributed by atoms with Crippen LogP contribution >= 0.6 is 0 Å². The van der Waals surface area contributed by atoms with Gasteiger partial charge in [-0.1, -0.05) is 6.07 Å². The zero-order valence-electron chi connectivity index (χ0n) is 10.6. The highest BCUT2D eigenvalue weighted by molar-refractivity contribution is 5.91. The summed E-state index contributed by atoms with van der Waals surface area (Å²) in [4.78, 5) is 4.36. The molecular weight excluding hydrogens is 226 g/mol. The fraction of sp³-hybridized carbons (Fsp3) is 0.357. The molecule has 0 amide bonds. The first kappa shape index (κ1) is 12.6. The summed E-state index contributed by atoms with van der Waals surface area (Å²) >= 11 is 0.